The van der Waals surface area contributed by atoms with Crippen LogP contribution in [0.15, 0.2) is 0 Å². The van der Waals surface area contributed by atoms with Gasteiger partial charge in [-0.05, 0) is 27.4 Å². The summed E-state index contributed by atoms with van der Waals surface area (Å²) in [5.41, 5.74) is 0. The summed E-state index contributed by atoms with van der Waals surface area (Å²) in [4.78, 5) is 17.8. The summed E-state index contributed by atoms with van der Waals surface area (Å²) < 4.78 is 0. The Morgan fingerprint density at radius 2 is 1.93 bits per heavy atom. The number of rotatable bonds is 4. The van der Waals surface area contributed by atoms with Crippen molar-refractivity contribution >= 4 is 6.03 Å². The Hall–Kier alpha value is -0.770. The molecule has 0 aromatic heterocycles. The van der Waals surface area contributed by atoms with Crippen LogP contribution in [0.3, 0.4) is 0 Å². The van der Waals surface area contributed by atoms with Crippen LogP contribution in [0, 0.1) is 0 Å². The molecule has 4 heteroatoms. The Kier molecular flexibility index (Phi) is 4.20. The molecular formula is C10H21N3O. The van der Waals surface area contributed by atoms with Gasteiger partial charge in [0.15, 0.2) is 0 Å². The average Bonchev–Trinajstić information content (AvgIpc) is 2.16. The van der Waals surface area contributed by atoms with E-state index in [9.17, 15) is 4.79 Å². The molecule has 1 heterocycles. The largest absolute Gasteiger partial charge is 0.325 e. The fourth-order valence-electron chi connectivity index (χ4n) is 1.67. The molecule has 0 atom stereocenters. The lowest BCUT2D eigenvalue weighted by Gasteiger charge is -2.35. The summed E-state index contributed by atoms with van der Waals surface area (Å²) in [6.07, 6.45) is 1.10. The molecule has 1 aliphatic heterocycles. The second-order valence-electron chi connectivity index (χ2n) is 4.01. The van der Waals surface area contributed by atoms with Gasteiger partial charge in [-0.15, -0.1) is 0 Å². The zero-order chi connectivity index (χ0) is 10.6. The van der Waals surface area contributed by atoms with Crippen LogP contribution < -0.4 is 0 Å². The molecule has 1 fully saturated rings. The van der Waals surface area contributed by atoms with E-state index in [1.54, 1.807) is 0 Å². The molecule has 82 valence electrons. The molecule has 1 saturated heterocycles. The van der Waals surface area contributed by atoms with Crippen molar-refractivity contribution in [2.24, 2.45) is 0 Å². The first-order chi connectivity index (χ1) is 6.65. The summed E-state index contributed by atoms with van der Waals surface area (Å²) in [5, 5.41) is 0. The maximum absolute atomic E-state index is 11.8. The number of carbonyl (C=O) groups excluding carboxylic acids is 1. The van der Waals surface area contributed by atoms with E-state index in [0.717, 1.165) is 39.1 Å². The molecule has 0 aromatic rings. The Bertz CT molecular complexity index is 194. The monoisotopic (exact) mass is 199 g/mol. The number of hydrogen-bond donors (Lipinski definition) is 0. The van der Waals surface area contributed by atoms with E-state index >= 15 is 0 Å². The lowest BCUT2D eigenvalue weighted by Crippen LogP contribution is -2.50. The summed E-state index contributed by atoms with van der Waals surface area (Å²) >= 11 is 0. The fraction of sp³-hybridized carbons (Fsp3) is 0.900. The SMILES string of the molecule is CCN1CCCN(CCN(C)C)C1=O. The van der Waals surface area contributed by atoms with Crippen molar-refractivity contribution in [2.45, 2.75) is 13.3 Å². The molecule has 0 N–H and O–H groups in total. The Morgan fingerprint density at radius 1 is 1.29 bits per heavy atom. The minimum Gasteiger partial charge on any atom is -0.325 e. The first kappa shape index (κ1) is 11.3. The third kappa shape index (κ3) is 2.87. The molecule has 0 aromatic carbocycles. The normalized spacial score (nSPS) is 18.1. The van der Waals surface area contributed by atoms with E-state index in [-0.39, 0.29) is 6.03 Å². The third-order valence-corrected chi connectivity index (χ3v) is 2.60. The van der Waals surface area contributed by atoms with Crippen LogP contribution in [0.5, 0.6) is 0 Å². The Balaban J connectivity index is 2.40. The second kappa shape index (κ2) is 5.20. The lowest BCUT2D eigenvalue weighted by atomic mass is 10.3. The zero-order valence-electron chi connectivity index (χ0n) is 9.49. The average molecular weight is 199 g/mol. The molecule has 2 amide bonds. The first-order valence-corrected chi connectivity index (χ1v) is 5.33. The van der Waals surface area contributed by atoms with Gasteiger partial charge in [-0.2, -0.15) is 0 Å². The van der Waals surface area contributed by atoms with Crippen molar-refractivity contribution in [1.82, 2.24) is 14.7 Å². The van der Waals surface area contributed by atoms with Gasteiger partial charge in [-0.1, -0.05) is 0 Å². The standard InChI is InChI=1S/C10H21N3O/c1-4-12-6-5-7-13(10(12)14)9-8-11(2)3/h4-9H2,1-3H3. The van der Waals surface area contributed by atoms with E-state index in [1.165, 1.54) is 0 Å². The topological polar surface area (TPSA) is 26.8 Å². The van der Waals surface area contributed by atoms with Gasteiger partial charge in [0.1, 0.15) is 0 Å². The predicted molar refractivity (Wildman–Crippen MR) is 57.4 cm³/mol. The van der Waals surface area contributed by atoms with E-state index in [1.807, 2.05) is 30.8 Å². The highest BCUT2D eigenvalue weighted by molar-refractivity contribution is 5.75. The zero-order valence-corrected chi connectivity index (χ0v) is 9.49. The number of amides is 2. The minimum absolute atomic E-state index is 0.209. The van der Waals surface area contributed by atoms with Crippen LogP contribution in [0.25, 0.3) is 0 Å². The smallest absolute Gasteiger partial charge is 0.320 e. The first-order valence-electron chi connectivity index (χ1n) is 5.33. The van der Waals surface area contributed by atoms with Gasteiger partial charge >= 0.3 is 6.03 Å². The maximum atomic E-state index is 11.8. The summed E-state index contributed by atoms with van der Waals surface area (Å²) in [6.45, 7) is 6.51. The summed E-state index contributed by atoms with van der Waals surface area (Å²) in [6, 6.07) is 0.209. The van der Waals surface area contributed by atoms with E-state index < -0.39 is 0 Å². The van der Waals surface area contributed by atoms with Gasteiger partial charge in [-0.3, -0.25) is 0 Å². The van der Waals surface area contributed by atoms with E-state index in [2.05, 4.69) is 4.90 Å². The van der Waals surface area contributed by atoms with Crippen LogP contribution in [-0.2, 0) is 0 Å². The molecule has 14 heavy (non-hydrogen) atoms. The highest BCUT2D eigenvalue weighted by atomic mass is 16.2. The Morgan fingerprint density at radius 3 is 2.50 bits per heavy atom. The molecule has 1 aliphatic rings. The van der Waals surface area contributed by atoms with Crippen LogP contribution in [0.1, 0.15) is 13.3 Å². The number of likely N-dealkylation sites (N-methyl/N-ethyl adjacent to an activating group) is 1. The lowest BCUT2D eigenvalue weighted by molar-refractivity contribution is 0.128. The molecule has 0 unspecified atom stereocenters. The van der Waals surface area contributed by atoms with Gasteiger partial charge in [0.2, 0.25) is 0 Å². The minimum atomic E-state index is 0.209. The molecule has 0 saturated carbocycles. The quantitative estimate of drug-likeness (QED) is 0.666. The van der Waals surface area contributed by atoms with Gasteiger partial charge in [0.05, 0.1) is 0 Å². The molecule has 0 aliphatic carbocycles. The molecule has 1 rings (SSSR count). The van der Waals surface area contributed by atoms with Gasteiger partial charge in [-0.25, -0.2) is 4.79 Å². The van der Waals surface area contributed by atoms with Gasteiger partial charge in [0.25, 0.3) is 0 Å². The van der Waals surface area contributed by atoms with Crippen molar-refractivity contribution in [2.75, 3.05) is 46.8 Å². The van der Waals surface area contributed by atoms with Crippen LogP contribution in [0.4, 0.5) is 4.79 Å². The third-order valence-electron chi connectivity index (χ3n) is 2.60. The van der Waals surface area contributed by atoms with Gasteiger partial charge in [0, 0.05) is 32.7 Å². The van der Waals surface area contributed by atoms with Gasteiger partial charge < -0.3 is 14.7 Å². The number of carbonyl (C=O) groups is 1. The van der Waals surface area contributed by atoms with Crippen LogP contribution in [-0.4, -0.2) is 67.5 Å². The molecule has 0 radical (unpaired) electrons. The number of urea groups is 1. The van der Waals surface area contributed by atoms with Crippen molar-refractivity contribution in [3.63, 3.8) is 0 Å². The highest BCUT2D eigenvalue weighted by Crippen LogP contribution is 2.08. The summed E-state index contributed by atoms with van der Waals surface area (Å²) in [5.74, 6) is 0. The van der Waals surface area contributed by atoms with Crippen LogP contribution in [0.2, 0.25) is 0 Å². The van der Waals surface area contributed by atoms with Crippen molar-refractivity contribution in [3.8, 4) is 0 Å². The number of nitrogens with zero attached hydrogens (tertiary/aromatic N) is 3. The van der Waals surface area contributed by atoms with Crippen molar-refractivity contribution in [3.05, 3.63) is 0 Å². The van der Waals surface area contributed by atoms with Crippen molar-refractivity contribution in [1.29, 1.82) is 0 Å². The van der Waals surface area contributed by atoms with Crippen molar-refractivity contribution < 1.29 is 4.79 Å². The Labute approximate surface area is 86.5 Å². The second-order valence-corrected chi connectivity index (χ2v) is 4.01. The fourth-order valence-corrected chi connectivity index (χ4v) is 1.67. The molecule has 0 bridgehead atoms. The van der Waals surface area contributed by atoms with E-state index in [4.69, 9.17) is 0 Å². The van der Waals surface area contributed by atoms with Crippen LogP contribution >= 0.6 is 0 Å². The highest BCUT2D eigenvalue weighted by Gasteiger charge is 2.23. The molecule has 4 nitrogen and oxygen atoms in total. The maximum Gasteiger partial charge on any atom is 0.320 e. The summed E-state index contributed by atoms with van der Waals surface area (Å²) in [7, 11) is 4.07. The molecule has 0 spiro atoms. The van der Waals surface area contributed by atoms with E-state index in [0.29, 0.717) is 0 Å². The molecular weight excluding hydrogens is 178 g/mol. The predicted octanol–water partition coefficient (Wildman–Crippen LogP) is 0.696. The number of hydrogen-bond acceptors (Lipinski definition) is 2.